The van der Waals surface area contributed by atoms with Crippen LogP contribution in [0.2, 0.25) is 0 Å². The Bertz CT molecular complexity index is 551. The van der Waals surface area contributed by atoms with E-state index in [1.807, 2.05) is 29.6 Å². The molecule has 0 aliphatic heterocycles. The molecule has 2 aromatic rings. The van der Waals surface area contributed by atoms with Crippen molar-refractivity contribution < 1.29 is 4.74 Å². The van der Waals surface area contributed by atoms with E-state index in [1.165, 1.54) is 11.3 Å². The van der Waals surface area contributed by atoms with E-state index in [9.17, 15) is 0 Å². The van der Waals surface area contributed by atoms with Crippen LogP contribution in [0.1, 0.15) is 0 Å². The molecular formula is C11H13BrN4OS. The molecule has 1 heterocycles. The second kappa shape index (κ2) is 6.36. The smallest absolute Gasteiger partial charge is 0.212 e. The zero-order valence-electron chi connectivity index (χ0n) is 9.66. The lowest BCUT2D eigenvalue weighted by Crippen LogP contribution is -2.21. The van der Waals surface area contributed by atoms with E-state index in [1.54, 1.807) is 7.11 Å². The SMILES string of the molecule is Br.COc1ccccc1-c1csc(N=C(N)N)n1. The van der Waals surface area contributed by atoms with Gasteiger partial charge in [0.1, 0.15) is 5.75 Å². The van der Waals surface area contributed by atoms with Gasteiger partial charge in [0.2, 0.25) is 5.13 Å². The number of hydrogen-bond acceptors (Lipinski definition) is 4. The molecule has 0 atom stereocenters. The fourth-order valence-corrected chi connectivity index (χ4v) is 2.11. The Morgan fingerprint density at radius 3 is 2.72 bits per heavy atom. The van der Waals surface area contributed by atoms with Crippen molar-refractivity contribution in [3.63, 3.8) is 0 Å². The number of hydrogen-bond donors (Lipinski definition) is 2. The summed E-state index contributed by atoms with van der Waals surface area (Å²) in [5.74, 6) is 0.778. The fourth-order valence-electron chi connectivity index (χ4n) is 1.41. The lowest BCUT2D eigenvalue weighted by molar-refractivity contribution is 0.416. The van der Waals surface area contributed by atoms with E-state index < -0.39 is 0 Å². The molecule has 96 valence electrons. The maximum atomic E-state index is 5.30. The van der Waals surface area contributed by atoms with Crippen molar-refractivity contribution in [2.45, 2.75) is 0 Å². The minimum atomic E-state index is 0. The van der Waals surface area contributed by atoms with E-state index in [0.29, 0.717) is 5.13 Å². The molecule has 5 nitrogen and oxygen atoms in total. The number of ether oxygens (including phenoxy) is 1. The average Bonchev–Trinajstić information content (AvgIpc) is 2.76. The first kappa shape index (κ1) is 14.5. The van der Waals surface area contributed by atoms with Crippen molar-refractivity contribution in [1.82, 2.24) is 4.98 Å². The largest absolute Gasteiger partial charge is 0.496 e. The van der Waals surface area contributed by atoms with Gasteiger partial charge in [-0.15, -0.1) is 28.3 Å². The fraction of sp³-hybridized carbons (Fsp3) is 0.0909. The summed E-state index contributed by atoms with van der Waals surface area (Å²) < 4.78 is 5.27. The Labute approximate surface area is 119 Å². The van der Waals surface area contributed by atoms with Gasteiger partial charge in [0.25, 0.3) is 0 Å². The molecule has 0 spiro atoms. The van der Waals surface area contributed by atoms with Crippen molar-refractivity contribution in [3.05, 3.63) is 29.6 Å². The zero-order chi connectivity index (χ0) is 12.3. The van der Waals surface area contributed by atoms with Crippen molar-refractivity contribution in [2.24, 2.45) is 16.5 Å². The number of methoxy groups -OCH3 is 1. The number of nitrogens with two attached hydrogens (primary N) is 2. The van der Waals surface area contributed by atoms with Crippen molar-refractivity contribution in [1.29, 1.82) is 0 Å². The minimum absolute atomic E-state index is 0. The number of benzene rings is 1. The molecule has 0 aliphatic carbocycles. The number of para-hydroxylation sites is 1. The van der Waals surface area contributed by atoms with Crippen LogP contribution in [0, 0.1) is 0 Å². The highest BCUT2D eigenvalue weighted by molar-refractivity contribution is 8.93. The first-order chi connectivity index (χ1) is 8.20. The number of guanidine groups is 1. The number of halogens is 1. The van der Waals surface area contributed by atoms with Gasteiger partial charge in [0, 0.05) is 10.9 Å². The van der Waals surface area contributed by atoms with Gasteiger partial charge in [-0.25, -0.2) is 4.98 Å². The minimum Gasteiger partial charge on any atom is -0.496 e. The molecule has 7 heteroatoms. The van der Waals surface area contributed by atoms with Crippen LogP contribution in [0.3, 0.4) is 0 Å². The van der Waals surface area contributed by atoms with Crippen molar-refractivity contribution in [3.8, 4) is 17.0 Å². The quantitative estimate of drug-likeness (QED) is 0.668. The molecule has 0 radical (unpaired) electrons. The third-order valence-corrected chi connectivity index (χ3v) is 2.83. The highest BCUT2D eigenvalue weighted by Crippen LogP contribution is 2.32. The number of nitrogens with zero attached hydrogens (tertiary/aromatic N) is 2. The van der Waals surface area contributed by atoms with Crippen LogP contribution < -0.4 is 16.2 Å². The van der Waals surface area contributed by atoms with Crippen LogP contribution in [0.15, 0.2) is 34.6 Å². The standard InChI is InChI=1S/C11H12N4OS.BrH/c1-16-9-5-3-2-4-7(9)8-6-17-11(14-8)15-10(12)13;/h2-6H,1H3,(H4,12,13,14,15);1H. The summed E-state index contributed by atoms with van der Waals surface area (Å²) in [6, 6.07) is 7.66. The summed E-state index contributed by atoms with van der Waals surface area (Å²) in [6.07, 6.45) is 0. The Hall–Kier alpha value is -1.60. The Morgan fingerprint density at radius 1 is 1.33 bits per heavy atom. The first-order valence-corrected chi connectivity index (χ1v) is 5.77. The molecular weight excluding hydrogens is 316 g/mol. The molecule has 4 N–H and O–H groups in total. The molecule has 0 bridgehead atoms. The van der Waals surface area contributed by atoms with Gasteiger partial charge in [0.15, 0.2) is 5.96 Å². The predicted octanol–water partition coefficient (Wildman–Crippen LogP) is 2.30. The van der Waals surface area contributed by atoms with Gasteiger partial charge in [-0.2, -0.15) is 4.99 Å². The summed E-state index contributed by atoms with van der Waals surface area (Å²) in [6.45, 7) is 0. The second-order valence-electron chi connectivity index (χ2n) is 3.25. The Kier molecular flexibility index (Phi) is 5.11. The number of rotatable bonds is 3. The highest BCUT2D eigenvalue weighted by Gasteiger charge is 2.08. The first-order valence-electron chi connectivity index (χ1n) is 4.89. The summed E-state index contributed by atoms with van der Waals surface area (Å²) in [5.41, 5.74) is 12.3. The van der Waals surface area contributed by atoms with Crippen LogP contribution >= 0.6 is 28.3 Å². The molecule has 18 heavy (non-hydrogen) atoms. The van der Waals surface area contributed by atoms with Crippen LogP contribution in [0.5, 0.6) is 5.75 Å². The number of aliphatic imine (C=N–C) groups is 1. The molecule has 0 unspecified atom stereocenters. The summed E-state index contributed by atoms with van der Waals surface area (Å²) in [7, 11) is 1.63. The molecule has 0 saturated carbocycles. The monoisotopic (exact) mass is 328 g/mol. The zero-order valence-corrected chi connectivity index (χ0v) is 12.2. The summed E-state index contributed by atoms with van der Waals surface area (Å²) in [4.78, 5) is 8.22. The van der Waals surface area contributed by atoms with E-state index in [2.05, 4.69) is 9.98 Å². The maximum Gasteiger partial charge on any atom is 0.212 e. The third kappa shape index (κ3) is 3.21. The van der Waals surface area contributed by atoms with E-state index in [-0.39, 0.29) is 22.9 Å². The molecule has 0 saturated heterocycles. The van der Waals surface area contributed by atoms with Gasteiger partial charge in [-0.1, -0.05) is 12.1 Å². The van der Waals surface area contributed by atoms with Crippen molar-refractivity contribution in [2.75, 3.05) is 7.11 Å². The van der Waals surface area contributed by atoms with Crippen LogP contribution in [-0.4, -0.2) is 18.1 Å². The van der Waals surface area contributed by atoms with E-state index >= 15 is 0 Å². The maximum absolute atomic E-state index is 5.30. The Balaban J connectivity index is 0.00000162. The van der Waals surface area contributed by atoms with E-state index in [4.69, 9.17) is 16.2 Å². The number of aromatic nitrogens is 1. The van der Waals surface area contributed by atoms with Crippen LogP contribution in [0.4, 0.5) is 5.13 Å². The molecule has 0 fully saturated rings. The highest BCUT2D eigenvalue weighted by atomic mass is 79.9. The van der Waals surface area contributed by atoms with Crippen LogP contribution in [0.25, 0.3) is 11.3 Å². The average molecular weight is 329 g/mol. The second-order valence-corrected chi connectivity index (χ2v) is 4.09. The van der Waals surface area contributed by atoms with E-state index in [0.717, 1.165) is 17.0 Å². The van der Waals surface area contributed by atoms with Gasteiger partial charge in [0.05, 0.1) is 12.8 Å². The summed E-state index contributed by atoms with van der Waals surface area (Å²) in [5, 5.41) is 2.42. The molecule has 0 amide bonds. The lowest BCUT2D eigenvalue weighted by Gasteiger charge is -2.04. The van der Waals surface area contributed by atoms with Crippen molar-refractivity contribution >= 4 is 39.4 Å². The van der Waals surface area contributed by atoms with Gasteiger partial charge < -0.3 is 16.2 Å². The molecule has 1 aromatic heterocycles. The molecule has 2 rings (SSSR count). The summed E-state index contributed by atoms with van der Waals surface area (Å²) >= 11 is 1.38. The number of thiazole rings is 1. The van der Waals surface area contributed by atoms with Gasteiger partial charge in [-0.3, -0.25) is 0 Å². The Morgan fingerprint density at radius 2 is 2.06 bits per heavy atom. The molecule has 1 aromatic carbocycles. The predicted molar refractivity (Wildman–Crippen MR) is 79.9 cm³/mol. The van der Waals surface area contributed by atoms with Gasteiger partial charge in [-0.05, 0) is 12.1 Å². The normalized spacial score (nSPS) is 9.39. The molecule has 0 aliphatic rings. The lowest BCUT2D eigenvalue weighted by atomic mass is 10.1. The van der Waals surface area contributed by atoms with Crippen LogP contribution in [-0.2, 0) is 0 Å². The van der Waals surface area contributed by atoms with Gasteiger partial charge >= 0.3 is 0 Å². The topological polar surface area (TPSA) is 86.5 Å². The third-order valence-electron chi connectivity index (χ3n) is 2.10.